The monoisotopic (exact) mass is 185 g/mol. The van der Waals surface area contributed by atoms with Gasteiger partial charge in [-0.2, -0.15) is 0 Å². The molecule has 0 rings (SSSR count). The Morgan fingerprint density at radius 2 is 2.31 bits per heavy atom. The molecule has 0 aliphatic heterocycles. The quantitative estimate of drug-likeness (QED) is 0.369. The van der Waals surface area contributed by atoms with Crippen molar-refractivity contribution in [2.75, 3.05) is 20.3 Å². The fraction of sp³-hybridized carbons (Fsp3) is 0.571. The van der Waals surface area contributed by atoms with Gasteiger partial charge in [0.2, 0.25) is 0 Å². The highest BCUT2D eigenvalue weighted by Crippen LogP contribution is 1.84. The van der Waals surface area contributed by atoms with Crippen LogP contribution in [0.25, 0.3) is 0 Å². The minimum absolute atomic E-state index is 0.0360. The van der Waals surface area contributed by atoms with Gasteiger partial charge in [-0.05, 0) is 0 Å². The molecule has 72 valence electrons. The summed E-state index contributed by atoms with van der Waals surface area (Å²) in [6.45, 7) is 0.968. The number of hydrogen-bond donors (Lipinski definition) is 1. The molecule has 13 heavy (non-hydrogen) atoms. The van der Waals surface area contributed by atoms with Crippen LogP contribution in [0.1, 0.15) is 6.42 Å². The van der Waals surface area contributed by atoms with Crippen LogP contribution in [0.3, 0.4) is 0 Å². The van der Waals surface area contributed by atoms with Crippen LogP contribution in [0.5, 0.6) is 0 Å². The van der Waals surface area contributed by atoms with Crippen molar-refractivity contribution in [3.05, 3.63) is 4.91 Å². The van der Waals surface area contributed by atoms with Crippen molar-refractivity contribution in [3.63, 3.8) is 0 Å². The third kappa shape index (κ3) is 5.80. The summed E-state index contributed by atoms with van der Waals surface area (Å²) in [4.78, 5) is 23.9. The predicted molar refractivity (Wildman–Crippen MR) is 48.4 cm³/mol. The zero-order valence-electron chi connectivity index (χ0n) is 7.32. The van der Waals surface area contributed by atoms with Gasteiger partial charge < -0.3 is 4.74 Å². The molecular weight excluding hydrogens is 174 g/mol. The number of nitrogens with zero attached hydrogens (tertiary/aromatic N) is 2. The molecule has 0 aliphatic rings. The molecule has 0 aromatic carbocycles. The standard InChI is InChI=1S/C7H11N3O3/c1-13-5-4-9-3-2-6(8)7(11)10-12/h3,8H,2,4-5H2,1H3. The third-order valence-corrected chi connectivity index (χ3v) is 1.19. The average Bonchev–Trinajstić information content (AvgIpc) is 2.16. The van der Waals surface area contributed by atoms with E-state index >= 15 is 0 Å². The molecule has 0 radical (unpaired) electrons. The van der Waals surface area contributed by atoms with Crippen LogP contribution in [0, 0.1) is 10.3 Å². The van der Waals surface area contributed by atoms with Crippen molar-refractivity contribution >= 4 is 17.8 Å². The first-order valence-electron chi connectivity index (χ1n) is 3.64. The van der Waals surface area contributed by atoms with Crippen LogP contribution in [0.15, 0.2) is 10.2 Å². The number of methoxy groups -OCH3 is 1. The first kappa shape index (κ1) is 11.6. The molecule has 1 amide bonds. The average molecular weight is 185 g/mol. The van der Waals surface area contributed by atoms with Crippen LogP contribution in [0.2, 0.25) is 0 Å². The molecule has 0 spiro atoms. The van der Waals surface area contributed by atoms with Gasteiger partial charge in [0.05, 0.1) is 13.2 Å². The smallest absolute Gasteiger partial charge is 0.330 e. The van der Waals surface area contributed by atoms with Gasteiger partial charge in [0.1, 0.15) is 5.71 Å². The summed E-state index contributed by atoms with van der Waals surface area (Å²) in [5.41, 5.74) is -0.351. The molecule has 6 nitrogen and oxygen atoms in total. The Labute approximate surface area is 75.5 Å². The van der Waals surface area contributed by atoms with Crippen molar-refractivity contribution in [3.8, 4) is 0 Å². The molecule has 0 fully saturated rings. The van der Waals surface area contributed by atoms with Gasteiger partial charge in [0.15, 0.2) is 0 Å². The van der Waals surface area contributed by atoms with Crippen molar-refractivity contribution in [1.82, 2.24) is 0 Å². The minimum Gasteiger partial charge on any atom is -0.383 e. The maximum Gasteiger partial charge on any atom is 0.330 e. The molecule has 0 atom stereocenters. The van der Waals surface area contributed by atoms with E-state index in [0.29, 0.717) is 13.2 Å². The lowest BCUT2D eigenvalue weighted by molar-refractivity contribution is -0.112. The summed E-state index contributed by atoms with van der Waals surface area (Å²) in [5, 5.41) is 9.11. The van der Waals surface area contributed by atoms with E-state index < -0.39 is 5.91 Å². The molecule has 0 aromatic heterocycles. The summed E-state index contributed by atoms with van der Waals surface area (Å²) >= 11 is 0. The summed E-state index contributed by atoms with van der Waals surface area (Å²) in [7, 11) is 1.55. The second-order valence-corrected chi connectivity index (χ2v) is 2.16. The fourth-order valence-electron chi connectivity index (χ4n) is 0.534. The topological polar surface area (TPSA) is 91.9 Å². The zero-order chi connectivity index (χ0) is 10.1. The second kappa shape index (κ2) is 7.23. The summed E-state index contributed by atoms with van der Waals surface area (Å²) < 4.78 is 4.71. The van der Waals surface area contributed by atoms with E-state index in [0.717, 1.165) is 0 Å². The van der Waals surface area contributed by atoms with E-state index in [1.54, 1.807) is 7.11 Å². The SMILES string of the molecule is COCCN=CCC(=N)C(=O)N=O. The number of carbonyl (C=O) groups is 1. The Hall–Kier alpha value is -1.43. The number of ether oxygens (including phenoxy) is 1. The Balaban J connectivity index is 3.63. The fourth-order valence-corrected chi connectivity index (χ4v) is 0.534. The molecule has 0 unspecified atom stereocenters. The largest absolute Gasteiger partial charge is 0.383 e. The maximum absolute atomic E-state index is 10.4. The number of hydrogen-bond acceptors (Lipinski definition) is 5. The van der Waals surface area contributed by atoms with Gasteiger partial charge in [-0.1, -0.05) is 0 Å². The summed E-state index contributed by atoms with van der Waals surface area (Å²) in [6.07, 6.45) is 1.43. The van der Waals surface area contributed by atoms with Crippen LogP contribution in [-0.2, 0) is 9.53 Å². The second-order valence-electron chi connectivity index (χ2n) is 2.16. The Morgan fingerprint density at radius 1 is 1.62 bits per heavy atom. The van der Waals surface area contributed by atoms with Crippen LogP contribution < -0.4 is 0 Å². The molecule has 0 heterocycles. The first-order chi connectivity index (χ1) is 6.22. The highest BCUT2D eigenvalue weighted by Gasteiger charge is 2.06. The summed E-state index contributed by atoms with van der Waals surface area (Å²) in [6, 6.07) is 0. The lowest BCUT2D eigenvalue weighted by atomic mass is 10.3. The van der Waals surface area contributed by atoms with Gasteiger partial charge in [0.25, 0.3) is 0 Å². The van der Waals surface area contributed by atoms with E-state index in [2.05, 4.69) is 10.2 Å². The number of nitrogens with one attached hydrogen (secondary N) is 1. The Kier molecular flexibility index (Phi) is 6.44. The van der Waals surface area contributed by atoms with E-state index in [4.69, 9.17) is 10.1 Å². The van der Waals surface area contributed by atoms with Crippen molar-refractivity contribution in [1.29, 1.82) is 5.41 Å². The van der Waals surface area contributed by atoms with Gasteiger partial charge in [-0.25, -0.2) is 0 Å². The molecule has 0 aromatic rings. The molecule has 6 heteroatoms. The molecule has 0 saturated carbocycles. The van der Waals surface area contributed by atoms with E-state index in [1.165, 1.54) is 6.21 Å². The molecule has 0 aliphatic carbocycles. The number of rotatable bonds is 6. The highest BCUT2D eigenvalue weighted by molar-refractivity contribution is 6.40. The normalized spacial score (nSPS) is 10.2. The highest BCUT2D eigenvalue weighted by atomic mass is 16.5. The van der Waals surface area contributed by atoms with Gasteiger partial charge >= 0.3 is 5.91 Å². The number of aliphatic imine (C=N–C) groups is 1. The van der Waals surface area contributed by atoms with Crippen LogP contribution in [-0.4, -0.2) is 38.1 Å². The number of nitroso groups, excluding NO2 is 1. The lowest BCUT2D eigenvalue weighted by Gasteiger charge is -1.92. The number of carbonyl (C=O) groups excluding carboxylic acids is 1. The van der Waals surface area contributed by atoms with Crippen molar-refractivity contribution in [2.24, 2.45) is 10.2 Å². The summed E-state index contributed by atoms with van der Waals surface area (Å²) in [5.74, 6) is -1.04. The minimum atomic E-state index is -1.04. The molecule has 0 bridgehead atoms. The third-order valence-electron chi connectivity index (χ3n) is 1.19. The first-order valence-corrected chi connectivity index (χ1v) is 3.64. The van der Waals surface area contributed by atoms with Gasteiger partial charge in [-0.15, -0.1) is 4.91 Å². The van der Waals surface area contributed by atoms with Crippen molar-refractivity contribution < 1.29 is 9.53 Å². The molecular formula is C7H11N3O3. The Bertz CT molecular complexity index is 225. The number of amides is 1. The molecule has 1 N–H and O–H groups in total. The Morgan fingerprint density at radius 3 is 2.85 bits per heavy atom. The van der Waals surface area contributed by atoms with E-state index in [9.17, 15) is 9.70 Å². The van der Waals surface area contributed by atoms with E-state index in [1.807, 2.05) is 0 Å². The van der Waals surface area contributed by atoms with Gasteiger partial charge in [0, 0.05) is 24.9 Å². The lowest BCUT2D eigenvalue weighted by Crippen LogP contribution is -2.09. The van der Waals surface area contributed by atoms with Crippen LogP contribution >= 0.6 is 0 Å². The molecule has 0 saturated heterocycles. The predicted octanol–water partition coefficient (Wildman–Crippen LogP) is 0.406. The van der Waals surface area contributed by atoms with Crippen molar-refractivity contribution in [2.45, 2.75) is 6.42 Å². The van der Waals surface area contributed by atoms with Gasteiger partial charge in [-0.3, -0.25) is 15.2 Å². The maximum atomic E-state index is 10.4. The van der Waals surface area contributed by atoms with E-state index in [-0.39, 0.29) is 12.1 Å². The van der Waals surface area contributed by atoms with Crippen LogP contribution in [0.4, 0.5) is 0 Å². The zero-order valence-corrected chi connectivity index (χ0v) is 7.32.